The molecular weight excluding hydrogens is 331 g/mol. The number of nitrogens with zero attached hydrogens (tertiary/aromatic N) is 3. The molecule has 0 unspecified atom stereocenters. The lowest BCUT2D eigenvalue weighted by molar-refractivity contribution is 0.0950. The standard InChI is InChI=1S/C13H14Cl2N4OS/c1-7-4-11(19(2)3)18-10(17-7)6-16-13(20)8-5-9(14)21-12(8)15/h4-5H,6H2,1-3H3,(H,16,20). The van der Waals surface area contributed by atoms with Crippen molar-refractivity contribution in [2.24, 2.45) is 0 Å². The summed E-state index contributed by atoms with van der Waals surface area (Å²) in [5, 5.41) is 2.74. The summed E-state index contributed by atoms with van der Waals surface area (Å²) in [5.41, 5.74) is 1.21. The Balaban J connectivity index is 2.09. The summed E-state index contributed by atoms with van der Waals surface area (Å²) in [4.78, 5) is 22.6. The minimum Gasteiger partial charge on any atom is -0.363 e. The Morgan fingerprint density at radius 2 is 2.05 bits per heavy atom. The highest BCUT2D eigenvalue weighted by Crippen LogP contribution is 2.30. The SMILES string of the molecule is Cc1cc(N(C)C)nc(CNC(=O)c2cc(Cl)sc2Cl)n1. The topological polar surface area (TPSA) is 58.1 Å². The highest BCUT2D eigenvalue weighted by atomic mass is 35.5. The number of nitrogens with one attached hydrogen (secondary N) is 1. The minimum atomic E-state index is -0.292. The Hall–Kier alpha value is -1.37. The van der Waals surface area contributed by atoms with Gasteiger partial charge in [0.1, 0.15) is 16.0 Å². The molecule has 0 fully saturated rings. The van der Waals surface area contributed by atoms with E-state index >= 15 is 0 Å². The zero-order valence-electron chi connectivity index (χ0n) is 11.8. The fraction of sp³-hybridized carbons (Fsp3) is 0.308. The first-order valence-corrected chi connectivity index (χ1v) is 7.69. The maximum Gasteiger partial charge on any atom is 0.254 e. The number of aryl methyl sites for hydroxylation is 1. The van der Waals surface area contributed by atoms with Crippen molar-refractivity contribution in [3.8, 4) is 0 Å². The summed E-state index contributed by atoms with van der Waals surface area (Å²) in [5.74, 6) is 1.05. The van der Waals surface area contributed by atoms with Gasteiger partial charge < -0.3 is 10.2 Å². The van der Waals surface area contributed by atoms with Crippen molar-refractivity contribution >= 4 is 46.3 Å². The fourth-order valence-electron chi connectivity index (χ4n) is 1.67. The molecule has 0 aliphatic heterocycles. The predicted octanol–water partition coefficient (Wildman–Crippen LogP) is 3.15. The van der Waals surface area contributed by atoms with Crippen LogP contribution in [0.4, 0.5) is 5.82 Å². The highest BCUT2D eigenvalue weighted by molar-refractivity contribution is 7.20. The molecule has 8 heteroatoms. The lowest BCUT2D eigenvalue weighted by atomic mass is 10.3. The number of thiophene rings is 1. The van der Waals surface area contributed by atoms with E-state index in [0.29, 0.717) is 20.1 Å². The lowest BCUT2D eigenvalue weighted by Gasteiger charge is -2.13. The average Bonchev–Trinajstić information content (AvgIpc) is 2.74. The molecule has 112 valence electrons. The van der Waals surface area contributed by atoms with E-state index in [2.05, 4.69) is 15.3 Å². The summed E-state index contributed by atoms with van der Waals surface area (Å²) in [6.45, 7) is 2.11. The van der Waals surface area contributed by atoms with Gasteiger partial charge in [0.05, 0.1) is 16.4 Å². The molecule has 2 aromatic heterocycles. The summed E-state index contributed by atoms with van der Waals surface area (Å²) in [6, 6.07) is 3.42. The molecule has 5 nitrogen and oxygen atoms in total. The molecule has 0 aliphatic rings. The van der Waals surface area contributed by atoms with Crippen LogP contribution in [0.15, 0.2) is 12.1 Å². The van der Waals surface area contributed by atoms with Crippen LogP contribution in [-0.4, -0.2) is 30.0 Å². The maximum atomic E-state index is 12.0. The van der Waals surface area contributed by atoms with Gasteiger partial charge in [-0.25, -0.2) is 9.97 Å². The van der Waals surface area contributed by atoms with Crippen molar-refractivity contribution in [2.45, 2.75) is 13.5 Å². The number of carbonyl (C=O) groups excluding carboxylic acids is 1. The molecule has 0 bridgehead atoms. The van der Waals surface area contributed by atoms with Crippen LogP contribution in [0.3, 0.4) is 0 Å². The first-order chi connectivity index (χ1) is 9.86. The Bertz CT molecular complexity index is 672. The lowest BCUT2D eigenvalue weighted by Crippen LogP contribution is -2.24. The van der Waals surface area contributed by atoms with Crippen LogP contribution in [0.1, 0.15) is 21.9 Å². The maximum absolute atomic E-state index is 12.0. The third-order valence-electron chi connectivity index (χ3n) is 2.65. The number of halogens is 2. The molecule has 0 saturated heterocycles. The van der Waals surface area contributed by atoms with Gasteiger partial charge in [0.15, 0.2) is 0 Å². The van der Waals surface area contributed by atoms with E-state index in [1.807, 2.05) is 32.0 Å². The molecule has 2 aromatic rings. The van der Waals surface area contributed by atoms with Crippen LogP contribution in [0, 0.1) is 6.92 Å². The number of rotatable bonds is 4. The second-order valence-corrected chi connectivity index (χ2v) is 6.88. The summed E-state index contributed by atoms with van der Waals surface area (Å²) >= 11 is 12.9. The van der Waals surface area contributed by atoms with E-state index < -0.39 is 0 Å². The van der Waals surface area contributed by atoms with Crippen molar-refractivity contribution in [2.75, 3.05) is 19.0 Å². The van der Waals surface area contributed by atoms with E-state index in [1.54, 1.807) is 6.07 Å². The molecular formula is C13H14Cl2N4OS. The van der Waals surface area contributed by atoms with Crippen molar-refractivity contribution in [1.82, 2.24) is 15.3 Å². The predicted molar refractivity (Wildman–Crippen MR) is 86.6 cm³/mol. The second kappa shape index (κ2) is 6.60. The van der Waals surface area contributed by atoms with Crippen molar-refractivity contribution in [3.63, 3.8) is 0 Å². The van der Waals surface area contributed by atoms with E-state index in [4.69, 9.17) is 23.2 Å². The molecule has 1 N–H and O–H groups in total. The number of amides is 1. The molecule has 0 aromatic carbocycles. The third kappa shape index (κ3) is 4.06. The van der Waals surface area contributed by atoms with E-state index in [1.165, 1.54) is 0 Å². The quantitative estimate of drug-likeness (QED) is 0.925. The fourth-order valence-corrected chi connectivity index (χ4v) is 3.13. The van der Waals surface area contributed by atoms with Crippen LogP contribution in [-0.2, 0) is 6.54 Å². The van der Waals surface area contributed by atoms with Gasteiger partial charge >= 0.3 is 0 Å². The smallest absolute Gasteiger partial charge is 0.254 e. The molecule has 0 spiro atoms. The van der Waals surface area contributed by atoms with Crippen LogP contribution in [0.2, 0.25) is 8.67 Å². The van der Waals surface area contributed by atoms with Gasteiger partial charge in [0.2, 0.25) is 0 Å². The van der Waals surface area contributed by atoms with Crippen molar-refractivity contribution in [1.29, 1.82) is 0 Å². The normalized spacial score (nSPS) is 10.5. The molecule has 0 radical (unpaired) electrons. The molecule has 0 aliphatic carbocycles. The Morgan fingerprint density at radius 1 is 1.33 bits per heavy atom. The second-order valence-electron chi connectivity index (χ2n) is 4.60. The van der Waals surface area contributed by atoms with Gasteiger partial charge in [-0.05, 0) is 13.0 Å². The van der Waals surface area contributed by atoms with Gasteiger partial charge in [-0.1, -0.05) is 23.2 Å². The number of carbonyl (C=O) groups is 1. The van der Waals surface area contributed by atoms with Crippen LogP contribution in [0.5, 0.6) is 0 Å². The van der Waals surface area contributed by atoms with Crippen LogP contribution in [0.25, 0.3) is 0 Å². The van der Waals surface area contributed by atoms with Crippen LogP contribution < -0.4 is 10.2 Å². The number of hydrogen-bond acceptors (Lipinski definition) is 5. The molecule has 0 saturated carbocycles. The molecule has 2 heterocycles. The summed E-state index contributed by atoms with van der Waals surface area (Å²) in [6.07, 6.45) is 0. The van der Waals surface area contributed by atoms with Crippen molar-refractivity contribution in [3.05, 3.63) is 37.9 Å². The molecule has 2 rings (SSSR count). The number of aromatic nitrogens is 2. The zero-order valence-corrected chi connectivity index (χ0v) is 14.1. The monoisotopic (exact) mass is 344 g/mol. The van der Waals surface area contributed by atoms with Gasteiger partial charge in [-0.2, -0.15) is 0 Å². The van der Waals surface area contributed by atoms with Gasteiger partial charge in [0.25, 0.3) is 5.91 Å². The molecule has 1 amide bonds. The first kappa shape index (κ1) is 16.0. The van der Waals surface area contributed by atoms with Crippen LogP contribution >= 0.6 is 34.5 Å². The number of hydrogen-bond donors (Lipinski definition) is 1. The minimum absolute atomic E-state index is 0.227. The van der Waals surface area contributed by atoms with Gasteiger partial charge in [0, 0.05) is 25.9 Å². The Kier molecular flexibility index (Phi) is 5.03. The van der Waals surface area contributed by atoms with E-state index in [9.17, 15) is 4.79 Å². The van der Waals surface area contributed by atoms with E-state index in [0.717, 1.165) is 22.8 Å². The molecule has 0 atom stereocenters. The Labute approximate surface area is 136 Å². The van der Waals surface area contributed by atoms with E-state index in [-0.39, 0.29) is 12.5 Å². The summed E-state index contributed by atoms with van der Waals surface area (Å²) < 4.78 is 0.850. The first-order valence-electron chi connectivity index (χ1n) is 6.11. The third-order valence-corrected chi connectivity index (χ3v) is 4.14. The summed E-state index contributed by atoms with van der Waals surface area (Å²) in [7, 11) is 3.80. The number of anilines is 1. The van der Waals surface area contributed by atoms with Gasteiger partial charge in [-0.3, -0.25) is 4.79 Å². The zero-order chi connectivity index (χ0) is 15.6. The Morgan fingerprint density at radius 3 is 2.62 bits per heavy atom. The highest BCUT2D eigenvalue weighted by Gasteiger charge is 2.14. The van der Waals surface area contributed by atoms with Gasteiger partial charge in [-0.15, -0.1) is 11.3 Å². The average molecular weight is 345 g/mol. The van der Waals surface area contributed by atoms with Crippen molar-refractivity contribution < 1.29 is 4.79 Å². The largest absolute Gasteiger partial charge is 0.363 e. The molecule has 21 heavy (non-hydrogen) atoms.